The maximum Gasteiger partial charge on any atom is 0.106 e. The quantitative estimate of drug-likeness (QED) is 0.317. The molecule has 1 fully saturated rings. The van der Waals surface area contributed by atoms with Crippen molar-refractivity contribution >= 4 is 12.6 Å². The summed E-state index contributed by atoms with van der Waals surface area (Å²) in [6, 6.07) is 0. The molecule has 0 amide bonds. The first kappa shape index (κ1) is 14.9. The maximum absolute atomic E-state index is 7.13. The Morgan fingerprint density at radius 2 is 1.81 bits per heavy atom. The Kier molecular flexibility index (Phi) is 7.53. The van der Waals surface area contributed by atoms with Crippen LogP contribution in [0.1, 0.15) is 19.3 Å². The van der Waals surface area contributed by atoms with Crippen LogP contribution in [0.25, 0.3) is 0 Å². The maximum atomic E-state index is 7.13. The minimum atomic E-state index is 0.938. The average molecular weight is 236 g/mol. The number of rotatable bonds is 5. The fourth-order valence-corrected chi connectivity index (χ4v) is 2.18. The summed E-state index contributed by atoms with van der Waals surface area (Å²) in [6.07, 6.45) is 7.55. The molecule has 1 heterocycles. The predicted molar refractivity (Wildman–Crippen MR) is 71.2 cm³/mol. The van der Waals surface area contributed by atoms with Gasteiger partial charge in [0.05, 0.1) is 13.1 Å². The fourth-order valence-electron chi connectivity index (χ4n) is 2.18. The lowest BCUT2D eigenvalue weighted by Gasteiger charge is -2.34. The minimum Gasteiger partial charge on any atom is -0.696 e. The van der Waals surface area contributed by atoms with E-state index in [9.17, 15) is 0 Å². The molecule has 1 aliphatic heterocycles. The summed E-state index contributed by atoms with van der Waals surface area (Å²) in [4.78, 5) is 0. The van der Waals surface area contributed by atoms with Gasteiger partial charge in [-0.25, -0.2) is 5.26 Å². The molecule has 0 aromatic rings. The van der Waals surface area contributed by atoms with E-state index in [2.05, 4.69) is 32.4 Å². The second kappa shape index (κ2) is 8.09. The van der Waals surface area contributed by atoms with Crippen LogP contribution in [0.3, 0.4) is 0 Å². The molecule has 1 rings (SSSR count). The molecule has 1 saturated heterocycles. The second-order valence-electron chi connectivity index (χ2n) is 3.92. The van der Waals surface area contributed by atoms with Gasteiger partial charge >= 0.3 is 0 Å². The first-order valence-electron chi connectivity index (χ1n) is 5.44. The van der Waals surface area contributed by atoms with Crippen LogP contribution in [-0.2, 0) is 12.6 Å². The predicted octanol–water partition coefficient (Wildman–Crippen LogP) is 2.89. The van der Waals surface area contributed by atoms with Gasteiger partial charge < -0.3 is 12.6 Å². The van der Waals surface area contributed by atoms with E-state index in [1.165, 1.54) is 37.0 Å². The molecule has 0 spiro atoms. The summed E-state index contributed by atoms with van der Waals surface area (Å²) in [6.45, 7) is 15.3. The molecule has 88 valence electrons. The van der Waals surface area contributed by atoms with Crippen LogP contribution in [0.4, 0.5) is 0 Å². The summed E-state index contributed by atoms with van der Waals surface area (Å²) in [5.74, 6) is 0. The minimum absolute atomic E-state index is 0.938. The zero-order valence-electron chi connectivity index (χ0n) is 9.82. The van der Waals surface area contributed by atoms with Crippen molar-refractivity contribution in [3.8, 4) is 5.40 Å². The van der Waals surface area contributed by atoms with Crippen LogP contribution in [0.15, 0.2) is 37.6 Å². The Morgan fingerprint density at radius 3 is 2.19 bits per heavy atom. The zero-order valence-corrected chi connectivity index (χ0v) is 10.6. The van der Waals surface area contributed by atoms with Gasteiger partial charge in [0, 0.05) is 19.3 Å². The highest BCUT2D eigenvalue weighted by Crippen LogP contribution is 2.27. The molecule has 16 heavy (non-hydrogen) atoms. The Hall–Kier alpha value is -1.11. The smallest absolute Gasteiger partial charge is 0.106 e. The molecular formula is C13H20N2S. The van der Waals surface area contributed by atoms with Gasteiger partial charge in [-0.3, -0.25) is 4.48 Å². The van der Waals surface area contributed by atoms with Gasteiger partial charge in [-0.1, -0.05) is 18.1 Å². The zero-order chi connectivity index (χ0) is 12.4. The summed E-state index contributed by atoms with van der Waals surface area (Å²) in [7, 11) is 0. The lowest BCUT2D eigenvalue weighted by atomic mass is 10.2. The van der Waals surface area contributed by atoms with Crippen LogP contribution >= 0.6 is 0 Å². The number of thiocyanates is 1. The van der Waals surface area contributed by atoms with E-state index in [4.69, 9.17) is 5.26 Å². The van der Waals surface area contributed by atoms with Crippen molar-refractivity contribution in [3.05, 3.63) is 37.6 Å². The first-order chi connectivity index (χ1) is 7.66. The number of hydrogen-bond acceptors (Lipinski definition) is 2. The van der Waals surface area contributed by atoms with E-state index in [-0.39, 0.29) is 0 Å². The Morgan fingerprint density at radius 1 is 1.31 bits per heavy atom. The van der Waals surface area contributed by atoms with Gasteiger partial charge in [-0.2, -0.15) is 0 Å². The van der Waals surface area contributed by atoms with Gasteiger partial charge in [0.2, 0.25) is 0 Å². The van der Waals surface area contributed by atoms with Gasteiger partial charge in [0.25, 0.3) is 0 Å². The lowest BCUT2D eigenvalue weighted by Crippen LogP contribution is -2.43. The van der Waals surface area contributed by atoms with Crippen molar-refractivity contribution in [2.45, 2.75) is 19.3 Å². The van der Waals surface area contributed by atoms with Gasteiger partial charge in [0.15, 0.2) is 0 Å². The second-order valence-corrected chi connectivity index (χ2v) is 4.10. The van der Waals surface area contributed by atoms with Crippen molar-refractivity contribution < 1.29 is 4.48 Å². The molecule has 3 heteroatoms. The number of allylic oxidation sites excluding steroid dienone is 1. The highest BCUT2D eigenvalue weighted by atomic mass is 32.1. The molecule has 0 aromatic carbocycles. The van der Waals surface area contributed by atoms with E-state index in [1.54, 1.807) is 0 Å². The van der Waals surface area contributed by atoms with Crippen LogP contribution in [0, 0.1) is 10.7 Å². The molecule has 0 aromatic heterocycles. The Bertz CT molecular complexity index is 283. The third kappa shape index (κ3) is 4.18. The number of quaternary nitrogens is 1. The van der Waals surface area contributed by atoms with Crippen molar-refractivity contribution in [3.63, 3.8) is 0 Å². The molecule has 1 aliphatic rings. The number of likely N-dealkylation sites (tertiary alicyclic amines) is 1. The van der Waals surface area contributed by atoms with E-state index >= 15 is 0 Å². The van der Waals surface area contributed by atoms with Gasteiger partial charge in [0.1, 0.15) is 12.2 Å². The third-order valence-electron chi connectivity index (χ3n) is 2.95. The molecule has 0 bridgehead atoms. The van der Waals surface area contributed by atoms with E-state index < -0.39 is 0 Å². The summed E-state index contributed by atoms with van der Waals surface area (Å²) in [5.41, 5.74) is 1.30. The average Bonchev–Trinajstić information content (AvgIpc) is 2.70. The van der Waals surface area contributed by atoms with E-state index in [0.29, 0.717) is 0 Å². The normalized spacial score (nSPS) is 16.4. The highest BCUT2D eigenvalue weighted by molar-refractivity contribution is 7.64. The highest BCUT2D eigenvalue weighted by Gasteiger charge is 2.33. The van der Waals surface area contributed by atoms with Crippen LogP contribution in [0.2, 0.25) is 0 Å². The molecular weight excluding hydrogens is 216 g/mol. The summed E-state index contributed by atoms with van der Waals surface area (Å²) >= 11 is 3.70. The largest absolute Gasteiger partial charge is 0.696 e. The van der Waals surface area contributed by atoms with Gasteiger partial charge in [-0.15, -0.1) is 6.58 Å². The van der Waals surface area contributed by atoms with Crippen molar-refractivity contribution in [2.75, 3.05) is 19.6 Å². The first-order valence-corrected chi connectivity index (χ1v) is 5.85. The Balaban J connectivity index is 0.000000673. The van der Waals surface area contributed by atoms with Crippen LogP contribution in [-0.4, -0.2) is 24.1 Å². The van der Waals surface area contributed by atoms with Gasteiger partial charge in [-0.05, 0) is 12.7 Å². The van der Waals surface area contributed by atoms with Crippen LogP contribution in [0.5, 0.6) is 0 Å². The standard InChI is InChI=1S/C12H20N.CHNS/c1-4-8-12(3)13(9-5-2)10-6-7-11-13;2-1-3/h4-5H,1-3,6-11H2;3H/q+1;/p-1. The molecule has 0 atom stereocenters. The molecule has 0 N–H and O–H groups in total. The Labute approximate surface area is 105 Å². The lowest BCUT2D eigenvalue weighted by molar-refractivity contribution is -0.874. The van der Waals surface area contributed by atoms with Crippen LogP contribution < -0.4 is 0 Å². The van der Waals surface area contributed by atoms with Crippen molar-refractivity contribution in [1.82, 2.24) is 0 Å². The monoisotopic (exact) mass is 236 g/mol. The molecule has 0 aliphatic carbocycles. The third-order valence-corrected chi connectivity index (χ3v) is 2.95. The molecule has 0 saturated carbocycles. The topological polar surface area (TPSA) is 23.8 Å². The number of nitrogens with zero attached hydrogens (tertiary/aromatic N) is 2. The molecule has 2 nitrogen and oxygen atoms in total. The van der Waals surface area contributed by atoms with Crippen molar-refractivity contribution in [2.24, 2.45) is 0 Å². The summed E-state index contributed by atoms with van der Waals surface area (Å²) in [5, 5.41) is 8.47. The summed E-state index contributed by atoms with van der Waals surface area (Å²) < 4.78 is 1.05. The number of nitriles is 1. The SMILES string of the molecule is C=CCC(=C)[N+]1(CC=C)CCCC1.N#C[S-]. The number of hydrogen-bond donors (Lipinski definition) is 0. The van der Waals surface area contributed by atoms with Crippen molar-refractivity contribution in [1.29, 1.82) is 5.26 Å². The molecule has 0 radical (unpaired) electrons. The fraction of sp³-hybridized carbons (Fsp3) is 0.462. The molecule has 0 unspecified atom stereocenters. The van der Waals surface area contributed by atoms with E-state index in [1.807, 2.05) is 12.2 Å². The van der Waals surface area contributed by atoms with E-state index in [0.717, 1.165) is 17.4 Å².